The van der Waals surface area contributed by atoms with Gasteiger partial charge >= 0.3 is 0 Å². The van der Waals surface area contributed by atoms with E-state index in [1.807, 2.05) is 4.57 Å². The molecule has 2 aromatic heterocycles. The van der Waals surface area contributed by atoms with Gasteiger partial charge in [-0.25, -0.2) is 14.4 Å². The molecule has 0 spiro atoms. The van der Waals surface area contributed by atoms with Crippen LogP contribution in [-0.4, -0.2) is 42.7 Å². The van der Waals surface area contributed by atoms with Gasteiger partial charge < -0.3 is 21.5 Å². The topological polar surface area (TPSA) is 131 Å². The summed E-state index contributed by atoms with van der Waals surface area (Å²) in [7, 11) is 0. The van der Waals surface area contributed by atoms with Gasteiger partial charge in [0, 0.05) is 23.0 Å². The standard InChI is InChI=1S/C25H30Cl2FN7O2/c1-12-2-5-15(10-20(12)36)31-24-30-11-19-23(34-24)35(16-6-3-13(4-7-16)22(29)37)25(32-19)33-21-17(27)8-14(26)9-18(21)28/h8-9,11-13,15-16,20,36H,2-7,10H2,1H3,(H2,29,37)(H,32,33)(H,30,31,34)/t12-,13-,15-,16+,20?/m1/s1. The zero-order valence-corrected chi connectivity index (χ0v) is 21.9. The highest BCUT2D eigenvalue weighted by atomic mass is 35.5. The molecule has 1 unspecified atom stereocenters. The largest absolute Gasteiger partial charge is 0.393 e. The number of nitrogens with two attached hydrogens (primary N) is 1. The van der Waals surface area contributed by atoms with Gasteiger partial charge in [0.05, 0.1) is 23.0 Å². The summed E-state index contributed by atoms with van der Waals surface area (Å²) in [6.45, 7) is 2.05. The van der Waals surface area contributed by atoms with Crippen LogP contribution in [0.3, 0.4) is 0 Å². The lowest BCUT2D eigenvalue weighted by Crippen LogP contribution is -2.35. The number of halogens is 3. The summed E-state index contributed by atoms with van der Waals surface area (Å²) in [5, 5.41) is 17.0. The zero-order valence-electron chi connectivity index (χ0n) is 20.4. The minimum absolute atomic E-state index is 0.0441. The summed E-state index contributed by atoms with van der Waals surface area (Å²) in [6.07, 6.45) is 6.38. The zero-order chi connectivity index (χ0) is 26.3. The van der Waals surface area contributed by atoms with Gasteiger partial charge in [-0.3, -0.25) is 9.36 Å². The predicted octanol–water partition coefficient (Wildman–Crippen LogP) is 5.19. The summed E-state index contributed by atoms with van der Waals surface area (Å²) in [6, 6.07) is 2.66. The molecule has 0 saturated heterocycles. The lowest BCUT2D eigenvalue weighted by molar-refractivity contribution is -0.122. The number of aliphatic hydroxyl groups is 1. The first-order chi connectivity index (χ1) is 17.7. The summed E-state index contributed by atoms with van der Waals surface area (Å²) in [5.41, 5.74) is 6.72. The van der Waals surface area contributed by atoms with Crippen LogP contribution in [0.2, 0.25) is 10.0 Å². The second-order valence-electron chi connectivity index (χ2n) is 10.2. The molecule has 37 heavy (non-hydrogen) atoms. The molecule has 2 heterocycles. The van der Waals surface area contributed by atoms with E-state index in [0.29, 0.717) is 55.2 Å². The summed E-state index contributed by atoms with van der Waals surface area (Å²) >= 11 is 12.2. The van der Waals surface area contributed by atoms with Crippen LogP contribution in [0.1, 0.15) is 57.9 Å². The maximum absolute atomic E-state index is 14.8. The Labute approximate surface area is 224 Å². The number of carbonyl (C=O) groups excluding carboxylic acids is 1. The number of anilines is 3. The molecular weight excluding hydrogens is 520 g/mol. The molecule has 5 rings (SSSR count). The number of fused-ring (bicyclic) bond motifs is 1. The van der Waals surface area contributed by atoms with Crippen LogP contribution in [0.5, 0.6) is 0 Å². The van der Waals surface area contributed by atoms with Crippen molar-refractivity contribution in [2.75, 3.05) is 10.6 Å². The van der Waals surface area contributed by atoms with Crippen molar-refractivity contribution in [2.45, 2.75) is 70.1 Å². The van der Waals surface area contributed by atoms with Crippen molar-refractivity contribution in [3.63, 3.8) is 0 Å². The summed E-state index contributed by atoms with van der Waals surface area (Å²) in [4.78, 5) is 25.6. The number of amides is 1. The maximum Gasteiger partial charge on any atom is 0.224 e. The highest BCUT2D eigenvalue weighted by Crippen LogP contribution is 2.39. The Morgan fingerprint density at radius 2 is 1.92 bits per heavy atom. The fourth-order valence-electron chi connectivity index (χ4n) is 5.40. The third-order valence-electron chi connectivity index (χ3n) is 7.63. The van der Waals surface area contributed by atoms with Gasteiger partial charge in [-0.2, -0.15) is 4.98 Å². The van der Waals surface area contributed by atoms with E-state index in [1.165, 1.54) is 12.1 Å². The first-order valence-corrected chi connectivity index (χ1v) is 13.4. The third kappa shape index (κ3) is 5.46. The molecule has 3 aromatic rings. The Balaban J connectivity index is 1.50. The Kier molecular flexibility index (Phi) is 7.42. The molecule has 0 aliphatic heterocycles. The number of primary amides is 1. The Hall–Kier alpha value is -2.69. The summed E-state index contributed by atoms with van der Waals surface area (Å²) in [5.74, 6) is 0.0133. The number of nitrogens with one attached hydrogen (secondary N) is 2. The molecule has 2 fully saturated rings. The van der Waals surface area contributed by atoms with E-state index in [-0.39, 0.29) is 51.7 Å². The van der Waals surface area contributed by atoms with Crippen LogP contribution in [0.25, 0.3) is 11.2 Å². The molecule has 5 N–H and O–H groups in total. The minimum atomic E-state index is -0.605. The smallest absolute Gasteiger partial charge is 0.224 e. The normalized spacial score (nSPS) is 26.2. The van der Waals surface area contributed by atoms with E-state index in [0.717, 1.165) is 12.8 Å². The van der Waals surface area contributed by atoms with E-state index in [9.17, 15) is 14.3 Å². The number of carbonyl (C=O) groups is 1. The fraction of sp³-hybridized carbons (Fsp3) is 0.520. The van der Waals surface area contributed by atoms with Gasteiger partial charge in [0.2, 0.25) is 17.8 Å². The van der Waals surface area contributed by atoms with Crippen molar-refractivity contribution < 1.29 is 14.3 Å². The number of hydrogen-bond donors (Lipinski definition) is 4. The van der Waals surface area contributed by atoms with E-state index in [4.69, 9.17) is 33.9 Å². The molecule has 3 atom stereocenters. The molecule has 1 aromatic carbocycles. The van der Waals surface area contributed by atoms with Crippen molar-refractivity contribution in [1.29, 1.82) is 0 Å². The van der Waals surface area contributed by atoms with Gasteiger partial charge in [-0.15, -0.1) is 0 Å². The van der Waals surface area contributed by atoms with Crippen LogP contribution in [-0.2, 0) is 4.79 Å². The van der Waals surface area contributed by atoms with E-state index in [2.05, 4.69) is 27.5 Å². The molecule has 1 amide bonds. The quantitative estimate of drug-likeness (QED) is 0.332. The van der Waals surface area contributed by atoms with Gasteiger partial charge in [-0.1, -0.05) is 30.1 Å². The molecule has 9 nitrogen and oxygen atoms in total. The van der Waals surface area contributed by atoms with Crippen LogP contribution < -0.4 is 16.4 Å². The van der Waals surface area contributed by atoms with Crippen molar-refractivity contribution in [3.8, 4) is 0 Å². The van der Waals surface area contributed by atoms with Crippen LogP contribution >= 0.6 is 23.2 Å². The third-order valence-corrected chi connectivity index (χ3v) is 8.14. The van der Waals surface area contributed by atoms with Gasteiger partial charge in [0.25, 0.3) is 0 Å². The van der Waals surface area contributed by atoms with Gasteiger partial charge in [0.15, 0.2) is 5.65 Å². The van der Waals surface area contributed by atoms with Crippen molar-refractivity contribution in [3.05, 3.63) is 34.2 Å². The van der Waals surface area contributed by atoms with Gasteiger partial charge in [-0.05, 0) is 63.0 Å². The van der Waals surface area contributed by atoms with Crippen molar-refractivity contribution in [2.24, 2.45) is 17.6 Å². The molecule has 2 saturated carbocycles. The highest BCUT2D eigenvalue weighted by molar-refractivity contribution is 6.36. The minimum Gasteiger partial charge on any atom is -0.393 e. The molecule has 12 heteroatoms. The lowest BCUT2D eigenvalue weighted by atomic mass is 9.85. The lowest BCUT2D eigenvalue weighted by Gasteiger charge is -2.31. The number of rotatable bonds is 6. The number of imidazole rings is 1. The van der Waals surface area contributed by atoms with Crippen molar-refractivity contribution in [1.82, 2.24) is 19.5 Å². The number of hydrogen-bond acceptors (Lipinski definition) is 7. The average Bonchev–Trinajstić information content (AvgIpc) is 3.21. The molecule has 0 radical (unpaired) electrons. The second kappa shape index (κ2) is 10.6. The molecular formula is C25H30Cl2FN7O2. The predicted molar refractivity (Wildman–Crippen MR) is 142 cm³/mol. The summed E-state index contributed by atoms with van der Waals surface area (Å²) < 4.78 is 16.7. The molecule has 0 bridgehead atoms. The van der Waals surface area contributed by atoms with E-state index >= 15 is 0 Å². The number of aromatic nitrogens is 4. The van der Waals surface area contributed by atoms with Crippen molar-refractivity contribution >= 4 is 57.9 Å². The monoisotopic (exact) mass is 549 g/mol. The SMILES string of the molecule is C[C@@H]1CC[C@@H](Nc2ncc3nc(Nc4c(F)cc(Cl)cc4Cl)n([C@H]4CC[C@@H](C(N)=O)CC4)c3n2)CC1O. The number of benzene rings is 1. The molecule has 2 aliphatic rings. The Morgan fingerprint density at radius 1 is 1.16 bits per heavy atom. The average molecular weight is 550 g/mol. The Morgan fingerprint density at radius 3 is 2.59 bits per heavy atom. The van der Waals surface area contributed by atoms with Crippen LogP contribution in [0, 0.1) is 17.7 Å². The number of nitrogens with zero attached hydrogens (tertiary/aromatic N) is 4. The number of aliphatic hydroxyl groups excluding tert-OH is 1. The van der Waals surface area contributed by atoms with E-state index < -0.39 is 5.82 Å². The molecule has 198 valence electrons. The fourth-order valence-corrected chi connectivity index (χ4v) is 5.91. The highest BCUT2D eigenvalue weighted by Gasteiger charge is 2.30. The first-order valence-electron chi connectivity index (χ1n) is 12.6. The van der Waals surface area contributed by atoms with E-state index in [1.54, 1.807) is 6.20 Å². The van der Waals surface area contributed by atoms with Gasteiger partial charge in [0.1, 0.15) is 11.3 Å². The first kappa shape index (κ1) is 25.9. The Bertz CT molecular complexity index is 1290. The second-order valence-corrected chi connectivity index (χ2v) is 11.0. The van der Waals surface area contributed by atoms with Crippen LogP contribution in [0.15, 0.2) is 18.3 Å². The van der Waals surface area contributed by atoms with Crippen LogP contribution in [0.4, 0.5) is 22.0 Å². The maximum atomic E-state index is 14.8. The molecule has 2 aliphatic carbocycles.